The normalized spacial score (nSPS) is 12.8. The summed E-state index contributed by atoms with van der Waals surface area (Å²) in [5.74, 6) is 0.581. The molecule has 29 heavy (non-hydrogen) atoms. The van der Waals surface area contributed by atoms with E-state index in [4.69, 9.17) is 28.2 Å². The lowest BCUT2D eigenvalue weighted by atomic mass is 10.2. The van der Waals surface area contributed by atoms with Gasteiger partial charge in [0.25, 0.3) is 5.56 Å². The fraction of sp³-hybridized carbons (Fsp3) is 0.111. The van der Waals surface area contributed by atoms with Crippen LogP contribution >= 0.6 is 57.6 Å². The third kappa shape index (κ3) is 3.36. The molecule has 1 unspecified atom stereocenters. The van der Waals surface area contributed by atoms with Crippen LogP contribution in [0.5, 0.6) is 0 Å². The van der Waals surface area contributed by atoms with E-state index in [0.717, 1.165) is 15.3 Å². The van der Waals surface area contributed by atoms with Crippen LogP contribution in [-0.2, 0) is 0 Å². The zero-order chi connectivity index (χ0) is 20.1. The molecule has 146 valence electrons. The van der Waals surface area contributed by atoms with Gasteiger partial charge in [-0.05, 0) is 24.4 Å². The monoisotopic (exact) mass is 479 g/mol. The summed E-state index contributed by atoms with van der Waals surface area (Å²) in [4.78, 5) is 22.2. The maximum atomic E-state index is 12.8. The molecule has 0 bridgehead atoms. The Morgan fingerprint density at radius 1 is 1.28 bits per heavy atom. The fourth-order valence-corrected chi connectivity index (χ4v) is 6.13. The molecule has 0 radical (unpaired) electrons. The minimum absolute atomic E-state index is 0.140. The Bertz CT molecular complexity index is 1410. The van der Waals surface area contributed by atoms with E-state index >= 15 is 0 Å². The standard InChI is InChI=1S/C18H11Cl2N5OS3/c1-8(29-18-24-23-15-11(20)5-9(19)6-25(15)18)14-21-16(26)13-10(7-28-17(13)22-14)12-3-2-4-27-12/h2-8H,1H3,(H,21,22,26). The van der Waals surface area contributed by atoms with Crippen LogP contribution in [0, 0.1) is 0 Å². The third-order valence-corrected chi connectivity index (χ3v) is 7.64. The van der Waals surface area contributed by atoms with Crippen molar-refractivity contribution in [1.29, 1.82) is 0 Å². The highest BCUT2D eigenvalue weighted by Crippen LogP contribution is 2.36. The second-order valence-electron chi connectivity index (χ2n) is 6.20. The van der Waals surface area contributed by atoms with Crippen molar-refractivity contribution >= 4 is 73.5 Å². The highest BCUT2D eigenvalue weighted by molar-refractivity contribution is 7.99. The third-order valence-electron chi connectivity index (χ3n) is 4.31. The van der Waals surface area contributed by atoms with Crippen LogP contribution in [0.2, 0.25) is 10.0 Å². The number of nitrogens with zero attached hydrogens (tertiary/aromatic N) is 4. The molecular formula is C18H11Cl2N5OS3. The molecule has 1 atom stereocenters. The van der Waals surface area contributed by atoms with E-state index in [2.05, 4.69) is 15.2 Å². The summed E-state index contributed by atoms with van der Waals surface area (Å²) in [5, 5.41) is 14.3. The second kappa shape index (κ2) is 7.41. The van der Waals surface area contributed by atoms with Gasteiger partial charge in [-0.3, -0.25) is 9.20 Å². The number of hydrogen-bond acceptors (Lipinski definition) is 7. The topological polar surface area (TPSA) is 75.9 Å². The smallest absolute Gasteiger partial charge is 0.260 e. The zero-order valence-corrected chi connectivity index (χ0v) is 18.7. The van der Waals surface area contributed by atoms with E-state index in [9.17, 15) is 4.79 Å². The molecule has 0 amide bonds. The van der Waals surface area contributed by atoms with Gasteiger partial charge in [0.1, 0.15) is 10.7 Å². The molecule has 0 fully saturated rings. The van der Waals surface area contributed by atoms with Crippen molar-refractivity contribution in [3.05, 3.63) is 61.4 Å². The molecular weight excluding hydrogens is 469 g/mol. The van der Waals surface area contributed by atoms with Crippen LogP contribution in [0.25, 0.3) is 26.3 Å². The van der Waals surface area contributed by atoms with E-state index < -0.39 is 0 Å². The Kier molecular flexibility index (Phi) is 4.87. The molecule has 1 N–H and O–H groups in total. The molecule has 0 aliphatic carbocycles. The van der Waals surface area contributed by atoms with Gasteiger partial charge in [-0.25, -0.2) is 4.98 Å². The first kappa shape index (κ1) is 19.1. The maximum absolute atomic E-state index is 12.8. The summed E-state index contributed by atoms with van der Waals surface area (Å²) >= 11 is 16.8. The van der Waals surface area contributed by atoms with Crippen molar-refractivity contribution in [3.8, 4) is 10.4 Å². The van der Waals surface area contributed by atoms with E-state index in [1.54, 1.807) is 28.0 Å². The van der Waals surface area contributed by atoms with Crippen molar-refractivity contribution in [2.24, 2.45) is 0 Å². The van der Waals surface area contributed by atoms with Crippen molar-refractivity contribution < 1.29 is 0 Å². The van der Waals surface area contributed by atoms with Crippen LogP contribution in [0.1, 0.15) is 18.0 Å². The molecule has 6 nitrogen and oxygen atoms in total. The lowest BCUT2D eigenvalue weighted by molar-refractivity contribution is 0.885. The number of thioether (sulfide) groups is 1. The van der Waals surface area contributed by atoms with Gasteiger partial charge in [0.2, 0.25) is 0 Å². The van der Waals surface area contributed by atoms with E-state index in [1.165, 1.54) is 23.1 Å². The van der Waals surface area contributed by atoms with Crippen molar-refractivity contribution in [3.63, 3.8) is 0 Å². The number of fused-ring (bicyclic) bond motifs is 2. The first-order chi connectivity index (χ1) is 14.0. The molecule has 5 heterocycles. The van der Waals surface area contributed by atoms with Gasteiger partial charge in [-0.1, -0.05) is 41.0 Å². The zero-order valence-electron chi connectivity index (χ0n) is 14.7. The summed E-state index contributed by atoms with van der Waals surface area (Å²) in [6.07, 6.45) is 1.71. The average Bonchev–Trinajstić information content (AvgIpc) is 3.41. The average molecular weight is 480 g/mol. The number of aromatic amines is 1. The number of hydrogen-bond donors (Lipinski definition) is 1. The van der Waals surface area contributed by atoms with Gasteiger partial charge >= 0.3 is 0 Å². The predicted molar refractivity (Wildman–Crippen MR) is 121 cm³/mol. The second-order valence-corrected chi connectivity index (χ2v) is 10.2. The molecule has 0 aliphatic heterocycles. The van der Waals surface area contributed by atoms with Gasteiger partial charge in [0, 0.05) is 22.0 Å². The molecule has 0 aromatic carbocycles. The number of nitrogens with one attached hydrogen (secondary N) is 1. The van der Waals surface area contributed by atoms with Crippen molar-refractivity contribution in [1.82, 2.24) is 24.6 Å². The SMILES string of the molecule is CC(Sc1nnc2c(Cl)cc(Cl)cn12)c1nc2scc(-c3cccs3)c2c(=O)[nH]1. The predicted octanol–water partition coefficient (Wildman–Crippen LogP) is 5.92. The number of aromatic nitrogens is 5. The molecule has 5 aromatic rings. The molecule has 5 aromatic heterocycles. The van der Waals surface area contributed by atoms with Crippen LogP contribution in [0.15, 0.2) is 45.1 Å². The summed E-state index contributed by atoms with van der Waals surface area (Å²) in [7, 11) is 0. The molecule has 0 saturated heterocycles. The first-order valence-corrected chi connectivity index (χ1v) is 11.8. The van der Waals surface area contributed by atoms with Crippen LogP contribution < -0.4 is 5.56 Å². The van der Waals surface area contributed by atoms with Gasteiger partial charge in [-0.15, -0.1) is 32.9 Å². The number of rotatable bonds is 4. The Hall–Kier alpha value is -1.91. The van der Waals surface area contributed by atoms with Gasteiger partial charge in [-0.2, -0.15) is 0 Å². The van der Waals surface area contributed by atoms with Gasteiger partial charge < -0.3 is 4.98 Å². The Morgan fingerprint density at radius 3 is 2.93 bits per heavy atom. The Labute approximate surface area is 186 Å². The van der Waals surface area contributed by atoms with Gasteiger partial charge in [0.15, 0.2) is 10.8 Å². The van der Waals surface area contributed by atoms with E-state index in [-0.39, 0.29) is 10.8 Å². The molecule has 0 spiro atoms. The highest BCUT2D eigenvalue weighted by Gasteiger charge is 2.19. The minimum Gasteiger partial charge on any atom is -0.309 e. The number of pyridine rings is 1. The van der Waals surface area contributed by atoms with Gasteiger partial charge in [0.05, 0.1) is 20.7 Å². The fourth-order valence-electron chi connectivity index (χ4n) is 2.97. The summed E-state index contributed by atoms with van der Waals surface area (Å²) in [5.41, 5.74) is 1.31. The van der Waals surface area contributed by atoms with Crippen molar-refractivity contribution in [2.75, 3.05) is 0 Å². The lowest BCUT2D eigenvalue weighted by Crippen LogP contribution is -2.12. The van der Waals surface area contributed by atoms with Crippen LogP contribution in [0.3, 0.4) is 0 Å². The summed E-state index contributed by atoms with van der Waals surface area (Å²) in [6, 6.07) is 5.60. The largest absolute Gasteiger partial charge is 0.309 e. The Morgan fingerprint density at radius 2 is 2.14 bits per heavy atom. The number of H-pyrrole nitrogens is 1. The summed E-state index contributed by atoms with van der Waals surface area (Å²) < 4.78 is 1.74. The number of thiophene rings is 2. The van der Waals surface area contributed by atoms with E-state index in [0.29, 0.717) is 32.1 Å². The highest BCUT2D eigenvalue weighted by atomic mass is 35.5. The maximum Gasteiger partial charge on any atom is 0.260 e. The van der Waals surface area contributed by atoms with Crippen LogP contribution in [0.4, 0.5) is 0 Å². The number of halogens is 2. The minimum atomic E-state index is -0.162. The molecule has 5 rings (SSSR count). The Balaban J connectivity index is 1.52. The molecule has 11 heteroatoms. The molecule has 0 aliphatic rings. The lowest BCUT2D eigenvalue weighted by Gasteiger charge is -2.09. The van der Waals surface area contributed by atoms with E-state index in [1.807, 2.05) is 29.8 Å². The van der Waals surface area contributed by atoms with Crippen molar-refractivity contribution in [2.45, 2.75) is 17.3 Å². The molecule has 0 saturated carbocycles. The first-order valence-electron chi connectivity index (χ1n) is 8.43. The quantitative estimate of drug-likeness (QED) is 0.324. The summed E-state index contributed by atoms with van der Waals surface area (Å²) in [6.45, 7) is 1.95. The van der Waals surface area contributed by atoms with Crippen LogP contribution in [-0.4, -0.2) is 24.6 Å².